The molecule has 1 fully saturated rings. The molecule has 3 aromatic heterocycles. The van der Waals surface area contributed by atoms with Crippen molar-refractivity contribution >= 4 is 11.7 Å². The Labute approximate surface area is 192 Å². The molecular formula is C24H26N8O. The molecule has 1 aliphatic heterocycles. The van der Waals surface area contributed by atoms with Crippen molar-refractivity contribution in [1.29, 1.82) is 0 Å². The first-order valence-corrected chi connectivity index (χ1v) is 11.0. The van der Waals surface area contributed by atoms with E-state index in [1.807, 2.05) is 79.0 Å². The van der Waals surface area contributed by atoms with Gasteiger partial charge < -0.3 is 9.80 Å². The minimum Gasteiger partial charge on any atom is -0.353 e. The number of hydrogen-bond donors (Lipinski definition) is 0. The van der Waals surface area contributed by atoms with E-state index in [0.717, 1.165) is 34.3 Å². The lowest BCUT2D eigenvalue weighted by Gasteiger charge is -2.35. The summed E-state index contributed by atoms with van der Waals surface area (Å²) in [6.45, 7) is 6.60. The molecular weight excluding hydrogens is 416 g/mol. The molecule has 4 aromatic rings. The molecule has 0 saturated carbocycles. The molecule has 1 aliphatic rings. The quantitative estimate of drug-likeness (QED) is 0.483. The van der Waals surface area contributed by atoms with E-state index in [2.05, 4.69) is 25.1 Å². The summed E-state index contributed by atoms with van der Waals surface area (Å²) < 4.78 is 3.50. The van der Waals surface area contributed by atoms with Crippen LogP contribution in [0.25, 0.3) is 17.1 Å². The summed E-state index contributed by atoms with van der Waals surface area (Å²) >= 11 is 0. The zero-order valence-corrected chi connectivity index (χ0v) is 19.0. The van der Waals surface area contributed by atoms with Crippen LogP contribution in [0.1, 0.15) is 21.9 Å². The number of aromatic nitrogens is 6. The lowest BCUT2D eigenvalue weighted by molar-refractivity contribution is 0.0735. The highest BCUT2D eigenvalue weighted by Crippen LogP contribution is 2.21. The van der Waals surface area contributed by atoms with Crippen LogP contribution in [0, 0.1) is 13.8 Å². The lowest BCUT2D eigenvalue weighted by atomic mass is 10.1. The molecule has 168 valence electrons. The fraction of sp³-hybridized carbons (Fsp3) is 0.292. The van der Waals surface area contributed by atoms with Gasteiger partial charge in [0.15, 0.2) is 5.82 Å². The minimum absolute atomic E-state index is 0.00199. The van der Waals surface area contributed by atoms with Crippen LogP contribution >= 0.6 is 0 Å². The third kappa shape index (κ3) is 4.09. The predicted molar refractivity (Wildman–Crippen MR) is 125 cm³/mol. The molecule has 1 aromatic carbocycles. The van der Waals surface area contributed by atoms with Gasteiger partial charge in [-0.3, -0.25) is 9.48 Å². The molecule has 0 aliphatic carbocycles. The SMILES string of the molecule is Cc1cc(C)n(-c2cc(N3CCN(C(=O)c4cc(-c5ccccc5)nn4C)CC3)ncn2)n1. The van der Waals surface area contributed by atoms with E-state index in [4.69, 9.17) is 0 Å². The van der Waals surface area contributed by atoms with Gasteiger partial charge >= 0.3 is 0 Å². The van der Waals surface area contributed by atoms with Gasteiger partial charge in [-0.15, -0.1) is 0 Å². The van der Waals surface area contributed by atoms with E-state index in [1.165, 1.54) is 0 Å². The number of nitrogens with zero attached hydrogens (tertiary/aromatic N) is 8. The number of aryl methyl sites for hydroxylation is 3. The van der Waals surface area contributed by atoms with Gasteiger partial charge in [-0.25, -0.2) is 14.6 Å². The maximum Gasteiger partial charge on any atom is 0.272 e. The molecule has 9 heteroatoms. The Hall–Kier alpha value is -4.01. The van der Waals surface area contributed by atoms with Crippen LogP contribution in [-0.4, -0.2) is 66.5 Å². The van der Waals surface area contributed by atoms with Gasteiger partial charge in [0.2, 0.25) is 0 Å². The summed E-state index contributed by atoms with van der Waals surface area (Å²) in [5.74, 6) is 1.58. The van der Waals surface area contributed by atoms with Crippen LogP contribution in [0.5, 0.6) is 0 Å². The number of carbonyl (C=O) groups excluding carboxylic acids is 1. The van der Waals surface area contributed by atoms with Crippen LogP contribution in [0.3, 0.4) is 0 Å². The van der Waals surface area contributed by atoms with E-state index in [9.17, 15) is 4.79 Å². The first-order chi connectivity index (χ1) is 16.0. The molecule has 0 bridgehead atoms. The Morgan fingerprint density at radius 2 is 1.61 bits per heavy atom. The Morgan fingerprint density at radius 3 is 2.30 bits per heavy atom. The van der Waals surface area contributed by atoms with Gasteiger partial charge in [0.25, 0.3) is 5.91 Å². The number of piperazine rings is 1. The standard InChI is InChI=1S/C24H26N8O/c1-17-13-18(2)32(27-17)23-15-22(25-16-26-23)30-9-11-31(12-10-30)24(33)21-14-20(28-29(21)3)19-7-5-4-6-8-19/h4-8,13-16H,9-12H2,1-3H3. The molecule has 0 N–H and O–H groups in total. The second-order valence-corrected chi connectivity index (χ2v) is 8.26. The number of anilines is 1. The van der Waals surface area contributed by atoms with Crippen molar-refractivity contribution in [2.45, 2.75) is 13.8 Å². The molecule has 0 radical (unpaired) electrons. The Bertz CT molecular complexity index is 1290. The van der Waals surface area contributed by atoms with Gasteiger partial charge in [-0.05, 0) is 26.0 Å². The van der Waals surface area contributed by atoms with Crippen LogP contribution < -0.4 is 4.90 Å². The van der Waals surface area contributed by atoms with E-state index in [1.54, 1.807) is 11.0 Å². The van der Waals surface area contributed by atoms with Crippen molar-refractivity contribution in [3.05, 3.63) is 71.9 Å². The Morgan fingerprint density at radius 1 is 0.879 bits per heavy atom. The molecule has 1 amide bonds. The van der Waals surface area contributed by atoms with Crippen molar-refractivity contribution in [2.75, 3.05) is 31.1 Å². The number of benzene rings is 1. The molecule has 9 nitrogen and oxygen atoms in total. The predicted octanol–water partition coefficient (Wildman–Crippen LogP) is 2.64. The van der Waals surface area contributed by atoms with Crippen molar-refractivity contribution < 1.29 is 4.79 Å². The molecule has 0 unspecified atom stereocenters. The fourth-order valence-electron chi connectivity index (χ4n) is 4.20. The third-order valence-electron chi connectivity index (χ3n) is 5.92. The van der Waals surface area contributed by atoms with Crippen molar-refractivity contribution in [3.63, 3.8) is 0 Å². The number of hydrogen-bond acceptors (Lipinski definition) is 6. The van der Waals surface area contributed by atoms with E-state index >= 15 is 0 Å². The van der Waals surface area contributed by atoms with Crippen LogP contribution in [0.2, 0.25) is 0 Å². The van der Waals surface area contributed by atoms with E-state index in [0.29, 0.717) is 31.9 Å². The lowest BCUT2D eigenvalue weighted by Crippen LogP contribution is -2.49. The normalized spacial score (nSPS) is 14.0. The maximum atomic E-state index is 13.2. The molecule has 5 rings (SSSR count). The summed E-state index contributed by atoms with van der Waals surface area (Å²) in [4.78, 5) is 26.1. The molecule has 0 atom stereocenters. The van der Waals surface area contributed by atoms with E-state index in [-0.39, 0.29) is 5.91 Å². The number of rotatable bonds is 4. The Balaban J connectivity index is 1.28. The molecule has 1 saturated heterocycles. The second kappa shape index (κ2) is 8.50. The summed E-state index contributed by atoms with van der Waals surface area (Å²) in [6, 6.07) is 15.7. The fourth-order valence-corrected chi connectivity index (χ4v) is 4.20. The molecule has 33 heavy (non-hydrogen) atoms. The first-order valence-electron chi connectivity index (χ1n) is 11.0. The highest BCUT2D eigenvalue weighted by atomic mass is 16.2. The smallest absolute Gasteiger partial charge is 0.272 e. The zero-order chi connectivity index (χ0) is 22.9. The largest absolute Gasteiger partial charge is 0.353 e. The highest BCUT2D eigenvalue weighted by Gasteiger charge is 2.26. The maximum absolute atomic E-state index is 13.2. The molecule has 4 heterocycles. The summed E-state index contributed by atoms with van der Waals surface area (Å²) in [7, 11) is 1.82. The number of amides is 1. The third-order valence-corrected chi connectivity index (χ3v) is 5.92. The Kier molecular flexibility index (Phi) is 5.37. The summed E-state index contributed by atoms with van der Waals surface area (Å²) in [5, 5.41) is 9.05. The van der Waals surface area contributed by atoms with Crippen LogP contribution in [-0.2, 0) is 7.05 Å². The topological polar surface area (TPSA) is 85.0 Å². The summed E-state index contributed by atoms with van der Waals surface area (Å²) in [5.41, 5.74) is 4.37. The van der Waals surface area contributed by atoms with Crippen molar-refractivity contribution in [2.24, 2.45) is 7.05 Å². The second-order valence-electron chi connectivity index (χ2n) is 8.26. The molecule has 0 spiro atoms. The minimum atomic E-state index is -0.00199. The van der Waals surface area contributed by atoms with Crippen molar-refractivity contribution in [3.8, 4) is 17.1 Å². The average Bonchev–Trinajstić information content (AvgIpc) is 3.40. The van der Waals surface area contributed by atoms with Crippen molar-refractivity contribution in [1.82, 2.24) is 34.4 Å². The monoisotopic (exact) mass is 442 g/mol. The number of carbonyl (C=O) groups is 1. The van der Waals surface area contributed by atoms with Gasteiger partial charge in [0.05, 0.1) is 11.4 Å². The van der Waals surface area contributed by atoms with Gasteiger partial charge in [-0.2, -0.15) is 10.2 Å². The average molecular weight is 443 g/mol. The van der Waals surface area contributed by atoms with Crippen LogP contribution in [0.4, 0.5) is 5.82 Å². The van der Waals surface area contributed by atoms with Gasteiger partial charge in [0, 0.05) is 50.6 Å². The first kappa shape index (κ1) is 20.9. The highest BCUT2D eigenvalue weighted by molar-refractivity contribution is 5.94. The van der Waals surface area contributed by atoms with Gasteiger partial charge in [-0.1, -0.05) is 30.3 Å². The zero-order valence-electron chi connectivity index (χ0n) is 19.0. The van der Waals surface area contributed by atoms with E-state index < -0.39 is 0 Å². The summed E-state index contributed by atoms with van der Waals surface area (Å²) in [6.07, 6.45) is 1.57. The van der Waals surface area contributed by atoms with Gasteiger partial charge in [0.1, 0.15) is 17.8 Å². The van der Waals surface area contributed by atoms with Crippen LogP contribution in [0.15, 0.2) is 54.9 Å².